The van der Waals surface area contributed by atoms with E-state index in [9.17, 15) is 10.2 Å². The third kappa shape index (κ3) is 3.45. The van der Waals surface area contributed by atoms with E-state index >= 15 is 0 Å². The fourth-order valence-corrected chi connectivity index (χ4v) is 10.2. The van der Waals surface area contributed by atoms with E-state index in [0.717, 1.165) is 19.3 Å². The van der Waals surface area contributed by atoms with Gasteiger partial charge in [0.2, 0.25) is 0 Å². The molecule has 0 radical (unpaired) electrons. The molecular formula is C31H50O4. The predicted octanol–water partition coefficient (Wildman–Crippen LogP) is 6.27. The highest BCUT2D eigenvalue weighted by atomic mass is 16.7. The Kier molecular flexibility index (Phi) is 6.24. The second-order valence-electron chi connectivity index (χ2n) is 14.3. The second kappa shape index (κ2) is 8.41. The number of hydrogen-bond acceptors (Lipinski definition) is 4. The third-order valence-electron chi connectivity index (χ3n) is 12.4. The number of hydrogen-bond donors (Lipinski definition) is 2. The van der Waals surface area contributed by atoms with Crippen molar-refractivity contribution in [3.05, 3.63) is 23.3 Å². The van der Waals surface area contributed by atoms with Gasteiger partial charge >= 0.3 is 0 Å². The normalized spacial score (nSPS) is 52.8. The number of ether oxygens (including phenoxy) is 2. The minimum absolute atomic E-state index is 0.123. The minimum Gasteiger partial charge on any atom is -0.392 e. The van der Waals surface area contributed by atoms with Crippen molar-refractivity contribution in [1.29, 1.82) is 0 Å². The molecule has 0 aromatic rings. The lowest BCUT2D eigenvalue weighted by molar-refractivity contribution is -0.191. The van der Waals surface area contributed by atoms with E-state index in [1.54, 1.807) is 12.7 Å². The first-order valence-electron chi connectivity index (χ1n) is 14.2. The largest absolute Gasteiger partial charge is 0.392 e. The summed E-state index contributed by atoms with van der Waals surface area (Å²) < 4.78 is 12.3. The molecular weight excluding hydrogens is 436 g/mol. The molecule has 0 bridgehead atoms. The predicted molar refractivity (Wildman–Crippen MR) is 140 cm³/mol. The van der Waals surface area contributed by atoms with E-state index in [4.69, 9.17) is 9.47 Å². The summed E-state index contributed by atoms with van der Waals surface area (Å²) in [7, 11) is 1.81. The van der Waals surface area contributed by atoms with E-state index in [1.807, 2.05) is 0 Å². The van der Waals surface area contributed by atoms with Crippen molar-refractivity contribution in [3.63, 3.8) is 0 Å². The van der Waals surface area contributed by atoms with Crippen molar-refractivity contribution < 1.29 is 19.7 Å². The maximum absolute atomic E-state index is 11.5. The zero-order valence-corrected chi connectivity index (χ0v) is 23.4. The zero-order chi connectivity index (χ0) is 25.6. The summed E-state index contributed by atoms with van der Waals surface area (Å²) in [6, 6.07) is 0. The average Bonchev–Trinajstić information content (AvgIpc) is 3.29. The number of rotatable bonds is 3. The molecule has 4 heteroatoms. The van der Waals surface area contributed by atoms with Crippen LogP contribution in [-0.2, 0) is 9.47 Å². The van der Waals surface area contributed by atoms with Crippen LogP contribution < -0.4 is 0 Å². The van der Waals surface area contributed by atoms with E-state index in [0.29, 0.717) is 30.1 Å². The second-order valence-corrected chi connectivity index (χ2v) is 14.3. The molecule has 35 heavy (non-hydrogen) atoms. The highest BCUT2D eigenvalue weighted by Crippen LogP contribution is 2.73. The Balaban J connectivity index is 1.49. The van der Waals surface area contributed by atoms with Gasteiger partial charge in [-0.25, -0.2) is 0 Å². The first-order chi connectivity index (χ1) is 16.3. The van der Waals surface area contributed by atoms with Gasteiger partial charge in [-0.2, -0.15) is 0 Å². The van der Waals surface area contributed by atoms with Crippen LogP contribution in [0.2, 0.25) is 0 Å². The van der Waals surface area contributed by atoms with E-state index in [-0.39, 0.29) is 34.1 Å². The van der Waals surface area contributed by atoms with Crippen molar-refractivity contribution in [2.45, 2.75) is 118 Å². The Morgan fingerprint density at radius 1 is 1.03 bits per heavy atom. The molecule has 3 saturated carbocycles. The van der Waals surface area contributed by atoms with E-state index in [2.05, 4.69) is 60.6 Å². The number of allylic oxidation sites excluding steroid dienone is 3. The standard InChI is InChI=1S/C31H50O4/c1-18(2)15-19-16-20(27(34-8)35-19)21-11-13-30(6)22-9-10-24-28(3,4)25(32)17-26(33)31(24,7)23(22)12-14-29(21,30)5/h9,15,19-21,23-27,32-33H,10-14,16-17H2,1-8H3/t19-,20+,21+,23+,24+,25-,26+,27+,29+,30-,31-/m1/s1. The van der Waals surface area contributed by atoms with Gasteiger partial charge in [-0.05, 0) is 86.4 Å². The van der Waals surface area contributed by atoms with Gasteiger partial charge in [0.1, 0.15) is 0 Å². The Bertz CT molecular complexity index is 902. The summed E-state index contributed by atoms with van der Waals surface area (Å²) >= 11 is 0. The average molecular weight is 487 g/mol. The van der Waals surface area contributed by atoms with Gasteiger partial charge in [-0.15, -0.1) is 0 Å². The van der Waals surface area contributed by atoms with Gasteiger partial charge in [0, 0.05) is 24.9 Å². The van der Waals surface area contributed by atoms with Gasteiger partial charge in [0.15, 0.2) is 6.29 Å². The van der Waals surface area contributed by atoms with E-state index < -0.39 is 12.2 Å². The maximum atomic E-state index is 11.5. The highest BCUT2D eigenvalue weighted by molar-refractivity contribution is 5.34. The van der Waals surface area contributed by atoms with Crippen LogP contribution in [0.5, 0.6) is 0 Å². The lowest BCUT2D eigenvalue weighted by Gasteiger charge is -2.65. The molecule has 0 amide bonds. The topological polar surface area (TPSA) is 58.9 Å². The summed E-state index contributed by atoms with van der Waals surface area (Å²) in [4.78, 5) is 0. The van der Waals surface area contributed by atoms with Crippen LogP contribution in [0.4, 0.5) is 0 Å². The zero-order valence-electron chi connectivity index (χ0n) is 23.4. The van der Waals surface area contributed by atoms with Crippen LogP contribution in [0.25, 0.3) is 0 Å². The van der Waals surface area contributed by atoms with Gasteiger partial charge < -0.3 is 19.7 Å². The molecule has 0 aromatic carbocycles. The SMILES string of the molecule is CO[C@H]1O[C@H](C=C(C)C)C[C@H]1[C@@H]1CC[C@]2(C)C3=CC[C@H]4C(C)(C)[C@H](O)C[C@H](O)[C@]4(C)[C@H]3CC[C@@]12C. The highest BCUT2D eigenvalue weighted by Gasteiger charge is 2.68. The van der Waals surface area contributed by atoms with Gasteiger partial charge in [-0.3, -0.25) is 0 Å². The molecule has 0 spiro atoms. The number of aliphatic hydroxyl groups is 2. The van der Waals surface area contributed by atoms with E-state index in [1.165, 1.54) is 24.8 Å². The van der Waals surface area contributed by atoms with Crippen LogP contribution in [0.3, 0.4) is 0 Å². The molecule has 1 heterocycles. The van der Waals surface area contributed by atoms with Crippen molar-refractivity contribution in [2.75, 3.05) is 7.11 Å². The van der Waals surface area contributed by atoms with Crippen molar-refractivity contribution in [2.24, 2.45) is 45.3 Å². The van der Waals surface area contributed by atoms with Crippen molar-refractivity contribution in [3.8, 4) is 0 Å². The Morgan fingerprint density at radius 2 is 1.74 bits per heavy atom. The summed E-state index contributed by atoms with van der Waals surface area (Å²) in [6.07, 6.45) is 11.3. The molecule has 1 aliphatic heterocycles. The lowest BCUT2D eigenvalue weighted by atomic mass is 9.40. The van der Waals surface area contributed by atoms with Gasteiger partial charge in [-0.1, -0.05) is 57.9 Å². The lowest BCUT2D eigenvalue weighted by Crippen LogP contribution is -2.63. The smallest absolute Gasteiger partial charge is 0.161 e. The molecule has 4 nitrogen and oxygen atoms in total. The molecule has 1 saturated heterocycles. The molecule has 2 N–H and O–H groups in total. The van der Waals surface area contributed by atoms with Crippen LogP contribution in [-0.4, -0.2) is 41.9 Å². The summed E-state index contributed by atoms with van der Waals surface area (Å²) in [6.45, 7) is 16.2. The van der Waals surface area contributed by atoms with Gasteiger partial charge in [0.25, 0.3) is 0 Å². The Hall–Kier alpha value is -0.680. The van der Waals surface area contributed by atoms with Crippen LogP contribution in [0, 0.1) is 45.3 Å². The first-order valence-corrected chi connectivity index (χ1v) is 14.2. The summed E-state index contributed by atoms with van der Waals surface area (Å²) in [5.41, 5.74) is 2.92. The third-order valence-corrected chi connectivity index (χ3v) is 12.4. The van der Waals surface area contributed by atoms with Crippen molar-refractivity contribution in [1.82, 2.24) is 0 Å². The Morgan fingerprint density at radius 3 is 2.40 bits per heavy atom. The van der Waals surface area contributed by atoms with Crippen LogP contribution in [0.15, 0.2) is 23.3 Å². The van der Waals surface area contributed by atoms with Gasteiger partial charge in [0.05, 0.1) is 18.3 Å². The molecule has 4 aliphatic carbocycles. The summed E-state index contributed by atoms with van der Waals surface area (Å²) in [5, 5.41) is 22.3. The molecule has 198 valence electrons. The summed E-state index contributed by atoms with van der Waals surface area (Å²) in [5.74, 6) is 1.70. The minimum atomic E-state index is -0.444. The number of fused-ring (bicyclic) bond motifs is 5. The molecule has 5 rings (SSSR count). The molecule has 0 unspecified atom stereocenters. The molecule has 5 aliphatic rings. The van der Waals surface area contributed by atoms with Crippen LogP contribution >= 0.6 is 0 Å². The number of aliphatic hydroxyl groups excluding tert-OH is 2. The fraction of sp³-hybridized carbons (Fsp3) is 0.871. The van der Waals surface area contributed by atoms with Crippen LogP contribution in [0.1, 0.15) is 93.4 Å². The fourth-order valence-electron chi connectivity index (χ4n) is 10.2. The Labute approximate surface area is 213 Å². The quantitative estimate of drug-likeness (QED) is 0.462. The maximum Gasteiger partial charge on any atom is 0.161 e. The van der Waals surface area contributed by atoms with Crippen molar-refractivity contribution >= 4 is 0 Å². The monoisotopic (exact) mass is 486 g/mol. The molecule has 4 fully saturated rings. The first kappa shape index (κ1) is 25.9. The molecule has 11 atom stereocenters. The number of methoxy groups -OCH3 is 1. The molecule has 0 aromatic heterocycles.